The molecule has 3 aliphatic heterocycles. The van der Waals surface area contributed by atoms with E-state index in [2.05, 4.69) is 25.8 Å². The third kappa shape index (κ3) is 3.82. The van der Waals surface area contributed by atoms with Crippen molar-refractivity contribution >= 4 is 57.9 Å². The zero-order valence-electron chi connectivity index (χ0n) is 23.8. The van der Waals surface area contributed by atoms with E-state index in [1.165, 1.54) is 0 Å². The first-order valence-corrected chi connectivity index (χ1v) is 13.9. The van der Waals surface area contributed by atoms with Gasteiger partial charge in [-0.25, -0.2) is 54.5 Å². The molecule has 2 aromatic heterocycles. The van der Waals surface area contributed by atoms with Crippen LogP contribution in [0.3, 0.4) is 0 Å². The molecule has 4 bridgehead atoms. The van der Waals surface area contributed by atoms with Crippen LogP contribution in [0.1, 0.15) is 11.1 Å². The normalized spacial score (nSPS) is 15.1. The van der Waals surface area contributed by atoms with E-state index in [1.807, 2.05) is 0 Å². The molecule has 0 unspecified atom stereocenters. The van der Waals surface area contributed by atoms with Crippen LogP contribution >= 0.6 is 0 Å². The van der Waals surface area contributed by atoms with Crippen molar-refractivity contribution in [2.75, 3.05) is 0 Å². The van der Waals surface area contributed by atoms with Gasteiger partial charge in [0.05, 0.1) is 0 Å². The van der Waals surface area contributed by atoms with Gasteiger partial charge in [0, 0.05) is 38.5 Å². The first kappa shape index (κ1) is 29.9. The van der Waals surface area contributed by atoms with E-state index in [4.69, 9.17) is 4.65 Å². The molecule has 19 heteroatoms. The number of aliphatic imine (C=N–C) groups is 3. The number of amidine groups is 2. The zero-order valence-corrected chi connectivity index (χ0v) is 23.8. The highest BCUT2D eigenvalue weighted by atomic mass is 19.2. The number of halogens is 11. The van der Waals surface area contributed by atoms with Crippen LogP contribution < -0.4 is 15.5 Å². The lowest BCUT2D eigenvalue weighted by molar-refractivity contribution is 0.344. The smallest absolute Gasteiger partial charge is 0.518 e. The standard InChI is InChI=1S/C31H6BF11N6O/c33-14-1-8-11(4-17(14)36)30-47-31-13-6-19(38)18(37)5-12(13)29-46-28-10-3-16(35)15(34)2-9(10)27(45-28)44-7-20(8)48(30)32(49(29)31)50-26-24(42)22(40)21(39)23(41)25(26)43/h1-6H/b46-28-. The molecule has 0 fully saturated rings. The summed E-state index contributed by atoms with van der Waals surface area (Å²) in [7, 11) is -2.23. The van der Waals surface area contributed by atoms with Crippen molar-refractivity contribution in [1.82, 2.24) is 8.96 Å². The predicted molar refractivity (Wildman–Crippen MR) is 153 cm³/mol. The van der Waals surface area contributed by atoms with E-state index in [-0.39, 0.29) is 38.5 Å². The Morgan fingerprint density at radius 1 is 0.500 bits per heavy atom. The molecule has 0 spiro atoms. The molecule has 0 atom stereocenters. The average Bonchev–Trinajstić information content (AvgIpc) is 3.67. The van der Waals surface area contributed by atoms with Crippen molar-refractivity contribution in [3.05, 3.63) is 122 Å². The second-order valence-corrected chi connectivity index (χ2v) is 11.0. The minimum absolute atomic E-state index is 0.133. The Morgan fingerprint density at radius 2 is 0.980 bits per heavy atom. The van der Waals surface area contributed by atoms with Crippen molar-refractivity contribution in [3.8, 4) is 5.75 Å². The minimum atomic E-state index is -2.51. The van der Waals surface area contributed by atoms with E-state index in [1.54, 1.807) is 0 Å². The Kier molecular flexibility index (Phi) is 5.92. The summed E-state index contributed by atoms with van der Waals surface area (Å²) in [5, 5.41) is -1.51. The highest BCUT2D eigenvalue weighted by molar-refractivity contribution is 6.52. The molecule has 0 N–H and O–H groups in total. The van der Waals surface area contributed by atoms with Gasteiger partial charge in [0.1, 0.15) is 22.5 Å². The summed E-state index contributed by atoms with van der Waals surface area (Å²) < 4.78 is 168. The van der Waals surface area contributed by atoms with Crippen LogP contribution in [0.15, 0.2) is 56.4 Å². The fourth-order valence-electron chi connectivity index (χ4n) is 6.08. The molecule has 3 aliphatic rings. The molecule has 4 aromatic carbocycles. The molecular formula is C31H6BF11N6O. The Labute approximate surface area is 268 Å². The van der Waals surface area contributed by atoms with Crippen molar-refractivity contribution in [2.45, 2.75) is 0 Å². The second-order valence-electron chi connectivity index (χ2n) is 11.0. The van der Waals surface area contributed by atoms with Gasteiger partial charge in [-0.1, -0.05) is 0 Å². The molecule has 5 heterocycles. The van der Waals surface area contributed by atoms with E-state index in [0.717, 1.165) is 15.0 Å². The molecule has 6 aromatic rings. The van der Waals surface area contributed by atoms with E-state index < -0.39 is 105 Å². The van der Waals surface area contributed by atoms with Crippen LogP contribution in [-0.2, 0) is 0 Å². The fourth-order valence-corrected chi connectivity index (χ4v) is 6.08. The van der Waals surface area contributed by atoms with Crippen LogP contribution in [0.2, 0.25) is 0 Å². The number of rotatable bonds is 2. The number of fused-ring (bicyclic) bond motifs is 10. The van der Waals surface area contributed by atoms with Crippen molar-refractivity contribution in [1.29, 1.82) is 0 Å². The summed E-state index contributed by atoms with van der Waals surface area (Å²) in [5.74, 6) is -21.6. The summed E-state index contributed by atoms with van der Waals surface area (Å²) in [6.07, 6.45) is 0. The minimum Gasteiger partial charge on any atom is -0.518 e. The quantitative estimate of drug-likeness (QED) is 0.0942. The van der Waals surface area contributed by atoms with Gasteiger partial charge in [-0.15, -0.1) is 0 Å². The predicted octanol–water partition coefficient (Wildman–Crippen LogP) is 6.04. The molecule has 7 nitrogen and oxygen atoms in total. The first-order chi connectivity index (χ1) is 23.8. The van der Waals surface area contributed by atoms with Crippen LogP contribution in [0, 0.1) is 64.0 Å². The zero-order chi connectivity index (χ0) is 35.1. The second kappa shape index (κ2) is 9.91. The number of hydrogen-bond donors (Lipinski definition) is 0. The SMILES string of the molecule is Fc1cc2c(cc1F)/C1=N/c3c4cc(F)c(F)cc4c4n3B(Oc3c(F)c(F)c(F)c(F)c3F)n3c(c5cc(F)c(F)cc5c3=N4)=C=NC2=N1. The monoisotopic (exact) mass is 698 g/mol. The van der Waals surface area contributed by atoms with Gasteiger partial charge in [0.25, 0.3) is 0 Å². The number of hydrogen-bond acceptors (Lipinski definition) is 5. The molecule has 0 aliphatic carbocycles. The van der Waals surface area contributed by atoms with E-state index in [0.29, 0.717) is 30.3 Å². The molecule has 0 radical (unpaired) electrons. The maximum Gasteiger partial charge on any atom is 0.632 e. The summed E-state index contributed by atoms with van der Waals surface area (Å²) in [5.41, 5.74) is -0.733. The van der Waals surface area contributed by atoms with Crippen molar-refractivity contribution in [3.63, 3.8) is 0 Å². The average molecular weight is 698 g/mol. The van der Waals surface area contributed by atoms with Crippen LogP contribution in [0.5, 0.6) is 5.75 Å². The molecule has 246 valence electrons. The van der Waals surface area contributed by atoms with Gasteiger partial charge in [0.2, 0.25) is 29.1 Å². The molecule has 50 heavy (non-hydrogen) atoms. The lowest BCUT2D eigenvalue weighted by Crippen LogP contribution is -2.52. The van der Waals surface area contributed by atoms with E-state index in [9.17, 15) is 39.5 Å². The fraction of sp³-hybridized carbons (Fsp3) is 0. The molecule has 0 saturated carbocycles. The van der Waals surface area contributed by atoms with Gasteiger partial charge in [0.15, 0.2) is 52.3 Å². The number of nitrogens with zero attached hydrogens (tertiary/aromatic N) is 6. The van der Waals surface area contributed by atoms with Crippen molar-refractivity contribution in [2.24, 2.45) is 20.0 Å². The topological polar surface area (TPSA) is 68.5 Å². The highest BCUT2D eigenvalue weighted by Gasteiger charge is 2.42. The van der Waals surface area contributed by atoms with Gasteiger partial charge in [-0.2, -0.15) is 13.8 Å². The third-order valence-electron chi connectivity index (χ3n) is 8.30. The van der Waals surface area contributed by atoms with Crippen molar-refractivity contribution < 1.29 is 52.9 Å². The Balaban J connectivity index is 1.52. The van der Waals surface area contributed by atoms with Gasteiger partial charge in [-0.05, 0) is 36.4 Å². The first-order valence-electron chi connectivity index (χ1n) is 13.9. The maximum atomic E-state index is 15.2. The lowest BCUT2D eigenvalue weighted by Gasteiger charge is -2.23. The molecular weight excluding hydrogens is 692 g/mol. The molecule has 9 rings (SSSR count). The number of benzene rings is 4. The lowest BCUT2D eigenvalue weighted by atomic mass is 9.97. The highest BCUT2D eigenvalue weighted by Crippen LogP contribution is 2.42. The Bertz CT molecular complexity index is 2850. The molecule has 0 saturated heterocycles. The largest absolute Gasteiger partial charge is 0.632 e. The molecule has 0 amide bonds. The van der Waals surface area contributed by atoms with Gasteiger partial charge < -0.3 is 9.13 Å². The van der Waals surface area contributed by atoms with Crippen LogP contribution in [0.25, 0.3) is 21.5 Å². The Hall–Kier alpha value is -6.23. The van der Waals surface area contributed by atoms with Gasteiger partial charge >= 0.3 is 7.19 Å². The third-order valence-corrected chi connectivity index (χ3v) is 8.30. The van der Waals surface area contributed by atoms with Crippen LogP contribution in [-0.4, -0.2) is 33.7 Å². The summed E-state index contributed by atoms with van der Waals surface area (Å²) in [6.45, 7) is 0. The van der Waals surface area contributed by atoms with Crippen LogP contribution in [0.4, 0.5) is 59.9 Å². The summed E-state index contributed by atoms with van der Waals surface area (Å²) in [6, 6.07) is 4.03. The summed E-state index contributed by atoms with van der Waals surface area (Å²) >= 11 is 0. The number of aromatic nitrogens is 2. The maximum absolute atomic E-state index is 15.2. The van der Waals surface area contributed by atoms with Gasteiger partial charge in [-0.3, -0.25) is 4.48 Å². The van der Waals surface area contributed by atoms with E-state index >= 15 is 8.78 Å². The summed E-state index contributed by atoms with van der Waals surface area (Å²) in [4.78, 5) is 17.1. The Morgan fingerprint density at radius 3 is 1.58 bits per heavy atom.